The number of anilines is 1. The minimum absolute atomic E-state index is 0.165. The van der Waals surface area contributed by atoms with E-state index in [0.29, 0.717) is 27.3 Å². The van der Waals surface area contributed by atoms with Crippen molar-refractivity contribution in [3.05, 3.63) is 80.5 Å². The highest BCUT2D eigenvalue weighted by Crippen LogP contribution is 2.37. The third-order valence-electron chi connectivity index (χ3n) is 4.84. The second-order valence-corrected chi connectivity index (χ2v) is 8.20. The van der Waals surface area contributed by atoms with Gasteiger partial charge < -0.3 is 19.2 Å². The number of rotatable bonds is 6. The molecule has 0 bridgehead atoms. The molecular formula is C24H18ClNO6S. The molecule has 0 atom stereocenters. The lowest BCUT2D eigenvalue weighted by atomic mass is 10.0. The number of benzene rings is 2. The largest absolute Gasteiger partial charge is 0.497 e. The van der Waals surface area contributed by atoms with Crippen LogP contribution in [0.15, 0.2) is 63.1 Å². The smallest absolute Gasteiger partial charge is 0.349 e. The van der Waals surface area contributed by atoms with Gasteiger partial charge in [-0.1, -0.05) is 23.7 Å². The SMILES string of the molecule is CCOC(=O)c1c(-c2ccc(Cl)cc2)csc1NC(=O)c1cc2cc(OC)ccc2oc1=O. The molecule has 7 nitrogen and oxygen atoms in total. The molecule has 0 spiro atoms. The van der Waals surface area contributed by atoms with Crippen LogP contribution in [-0.4, -0.2) is 25.6 Å². The lowest BCUT2D eigenvalue weighted by Crippen LogP contribution is -2.21. The molecule has 0 aliphatic carbocycles. The van der Waals surface area contributed by atoms with Crippen molar-refractivity contribution >= 4 is 50.8 Å². The minimum atomic E-state index is -0.794. The Balaban J connectivity index is 1.73. The van der Waals surface area contributed by atoms with Gasteiger partial charge in [0.25, 0.3) is 5.91 Å². The van der Waals surface area contributed by atoms with Crippen LogP contribution >= 0.6 is 22.9 Å². The first-order valence-electron chi connectivity index (χ1n) is 9.89. The van der Waals surface area contributed by atoms with Crippen LogP contribution in [0.5, 0.6) is 5.75 Å². The summed E-state index contributed by atoms with van der Waals surface area (Å²) in [5.41, 5.74) is 0.844. The number of hydrogen-bond acceptors (Lipinski definition) is 7. The molecule has 0 unspecified atom stereocenters. The summed E-state index contributed by atoms with van der Waals surface area (Å²) in [6.45, 7) is 1.86. The molecule has 2 aromatic heterocycles. The van der Waals surface area contributed by atoms with Crippen LogP contribution in [0.1, 0.15) is 27.6 Å². The first kappa shape index (κ1) is 22.6. The Labute approximate surface area is 197 Å². The van der Waals surface area contributed by atoms with Crippen molar-refractivity contribution in [3.8, 4) is 16.9 Å². The summed E-state index contributed by atoms with van der Waals surface area (Å²) in [6, 6.07) is 13.3. The minimum Gasteiger partial charge on any atom is -0.497 e. The van der Waals surface area contributed by atoms with Crippen LogP contribution in [0.3, 0.4) is 0 Å². The van der Waals surface area contributed by atoms with Crippen LogP contribution in [0, 0.1) is 0 Å². The summed E-state index contributed by atoms with van der Waals surface area (Å²) in [5.74, 6) is -0.740. The summed E-state index contributed by atoms with van der Waals surface area (Å²) in [6.07, 6.45) is 0. The molecular weight excluding hydrogens is 466 g/mol. The number of carbonyl (C=O) groups is 2. The average Bonchev–Trinajstić information content (AvgIpc) is 3.22. The van der Waals surface area contributed by atoms with E-state index in [-0.39, 0.29) is 22.7 Å². The highest BCUT2D eigenvalue weighted by atomic mass is 35.5. The van der Waals surface area contributed by atoms with Crippen LogP contribution in [0.4, 0.5) is 5.00 Å². The Morgan fingerprint density at radius 3 is 2.58 bits per heavy atom. The summed E-state index contributed by atoms with van der Waals surface area (Å²) < 4.78 is 15.7. The average molecular weight is 484 g/mol. The Morgan fingerprint density at radius 2 is 1.88 bits per heavy atom. The van der Waals surface area contributed by atoms with Gasteiger partial charge in [0.1, 0.15) is 27.5 Å². The van der Waals surface area contributed by atoms with Gasteiger partial charge in [0.15, 0.2) is 0 Å². The molecule has 0 saturated carbocycles. The molecule has 2 aromatic carbocycles. The molecule has 0 saturated heterocycles. The summed E-state index contributed by atoms with van der Waals surface area (Å²) in [5, 5.41) is 5.74. The van der Waals surface area contributed by atoms with E-state index < -0.39 is 17.5 Å². The molecule has 33 heavy (non-hydrogen) atoms. The summed E-state index contributed by atoms with van der Waals surface area (Å²) in [7, 11) is 1.51. The fourth-order valence-corrected chi connectivity index (χ4v) is 4.33. The van der Waals surface area contributed by atoms with Crippen molar-refractivity contribution in [2.75, 3.05) is 19.0 Å². The van der Waals surface area contributed by atoms with Crippen molar-refractivity contribution in [2.24, 2.45) is 0 Å². The maximum absolute atomic E-state index is 13.0. The molecule has 4 rings (SSSR count). The molecule has 0 radical (unpaired) electrons. The normalized spacial score (nSPS) is 10.8. The third-order valence-corrected chi connectivity index (χ3v) is 5.98. The molecule has 168 valence electrons. The third kappa shape index (κ3) is 4.62. The van der Waals surface area contributed by atoms with E-state index in [1.54, 1.807) is 54.8 Å². The quantitative estimate of drug-likeness (QED) is 0.283. The lowest BCUT2D eigenvalue weighted by Gasteiger charge is -2.09. The van der Waals surface area contributed by atoms with Gasteiger partial charge in [-0.15, -0.1) is 11.3 Å². The maximum Gasteiger partial charge on any atom is 0.349 e. The highest BCUT2D eigenvalue weighted by Gasteiger charge is 2.24. The van der Waals surface area contributed by atoms with E-state index in [2.05, 4.69) is 5.32 Å². The number of amides is 1. The van der Waals surface area contributed by atoms with Crippen molar-refractivity contribution in [3.63, 3.8) is 0 Å². The molecule has 4 aromatic rings. The number of carbonyl (C=O) groups excluding carboxylic acids is 2. The molecule has 1 N–H and O–H groups in total. The first-order valence-corrected chi connectivity index (χ1v) is 11.1. The zero-order chi connectivity index (χ0) is 23.5. The van der Waals surface area contributed by atoms with Crippen molar-refractivity contribution in [1.82, 2.24) is 0 Å². The molecule has 0 aliphatic rings. The predicted molar refractivity (Wildman–Crippen MR) is 128 cm³/mol. The van der Waals surface area contributed by atoms with Gasteiger partial charge >= 0.3 is 11.6 Å². The fourth-order valence-electron chi connectivity index (χ4n) is 3.25. The van der Waals surface area contributed by atoms with Gasteiger partial charge in [0, 0.05) is 21.4 Å². The van der Waals surface area contributed by atoms with E-state index in [0.717, 1.165) is 16.9 Å². The van der Waals surface area contributed by atoms with Gasteiger partial charge in [-0.2, -0.15) is 0 Å². The predicted octanol–water partition coefficient (Wildman–Crippen LogP) is 5.61. The Hall–Kier alpha value is -3.62. The lowest BCUT2D eigenvalue weighted by molar-refractivity contribution is 0.0529. The molecule has 2 heterocycles. The molecule has 1 amide bonds. The number of fused-ring (bicyclic) bond motifs is 1. The van der Waals surface area contributed by atoms with Gasteiger partial charge in [-0.25, -0.2) is 9.59 Å². The Morgan fingerprint density at radius 1 is 1.12 bits per heavy atom. The van der Waals surface area contributed by atoms with Crippen LogP contribution < -0.4 is 15.7 Å². The zero-order valence-electron chi connectivity index (χ0n) is 17.6. The van der Waals surface area contributed by atoms with E-state index in [9.17, 15) is 14.4 Å². The number of halogens is 1. The van der Waals surface area contributed by atoms with Crippen molar-refractivity contribution in [1.29, 1.82) is 0 Å². The first-order chi connectivity index (χ1) is 15.9. The van der Waals surface area contributed by atoms with E-state index >= 15 is 0 Å². The van der Waals surface area contributed by atoms with Crippen LogP contribution in [0.25, 0.3) is 22.1 Å². The number of esters is 1. The fraction of sp³-hybridized carbons (Fsp3) is 0.125. The van der Waals surface area contributed by atoms with Gasteiger partial charge in [0.05, 0.1) is 13.7 Å². The molecule has 0 aliphatic heterocycles. The Kier molecular flexibility index (Phi) is 6.48. The summed E-state index contributed by atoms with van der Waals surface area (Å²) >= 11 is 7.13. The monoisotopic (exact) mass is 483 g/mol. The zero-order valence-corrected chi connectivity index (χ0v) is 19.2. The number of methoxy groups -OCH3 is 1. The number of hydrogen-bond donors (Lipinski definition) is 1. The summed E-state index contributed by atoms with van der Waals surface area (Å²) in [4.78, 5) is 38.2. The molecule has 0 fully saturated rings. The van der Waals surface area contributed by atoms with Crippen molar-refractivity contribution in [2.45, 2.75) is 6.92 Å². The number of nitrogens with one attached hydrogen (secondary N) is 1. The standard InChI is InChI=1S/C24H18ClNO6S/c1-3-31-24(29)20-18(13-4-6-15(25)7-5-13)12-33-22(20)26-21(27)17-11-14-10-16(30-2)8-9-19(14)32-23(17)28/h4-12H,3H2,1-2H3,(H,26,27). The van der Waals surface area contributed by atoms with E-state index in [1.165, 1.54) is 13.2 Å². The topological polar surface area (TPSA) is 94.8 Å². The Bertz CT molecular complexity index is 1410. The maximum atomic E-state index is 13.0. The van der Waals surface area contributed by atoms with E-state index in [4.69, 9.17) is 25.5 Å². The van der Waals surface area contributed by atoms with Crippen molar-refractivity contribution < 1.29 is 23.5 Å². The number of thiophene rings is 1. The second kappa shape index (κ2) is 9.48. The number of ether oxygens (including phenoxy) is 2. The second-order valence-electron chi connectivity index (χ2n) is 6.89. The molecule has 9 heteroatoms. The highest BCUT2D eigenvalue weighted by molar-refractivity contribution is 7.15. The van der Waals surface area contributed by atoms with Gasteiger partial charge in [-0.05, 0) is 48.9 Å². The van der Waals surface area contributed by atoms with Crippen LogP contribution in [0.2, 0.25) is 5.02 Å². The van der Waals surface area contributed by atoms with E-state index in [1.807, 2.05) is 0 Å². The van der Waals surface area contributed by atoms with Gasteiger partial charge in [-0.3, -0.25) is 4.79 Å². The van der Waals surface area contributed by atoms with Crippen LogP contribution in [-0.2, 0) is 4.74 Å². The van der Waals surface area contributed by atoms with Gasteiger partial charge in [0.2, 0.25) is 0 Å².